The highest BCUT2D eigenvalue weighted by atomic mass is 16.5. The zero-order valence-corrected chi connectivity index (χ0v) is 10.6. The van der Waals surface area contributed by atoms with E-state index in [0.717, 1.165) is 12.8 Å². The Kier molecular flexibility index (Phi) is 9.65. The van der Waals surface area contributed by atoms with Crippen molar-refractivity contribution in [1.29, 1.82) is 0 Å². The molecule has 0 aromatic carbocycles. The number of carbonyl (C=O) groups is 1. The van der Waals surface area contributed by atoms with Crippen molar-refractivity contribution in [3.63, 3.8) is 0 Å². The zero-order valence-electron chi connectivity index (χ0n) is 10.6. The number of rotatable bonds is 9. The molecule has 1 unspecified atom stereocenters. The summed E-state index contributed by atoms with van der Waals surface area (Å²) in [7, 11) is 0. The van der Waals surface area contributed by atoms with Crippen molar-refractivity contribution < 1.29 is 9.53 Å². The summed E-state index contributed by atoms with van der Waals surface area (Å²) < 4.78 is 5.19. The molecule has 2 heteroatoms. The van der Waals surface area contributed by atoms with Gasteiger partial charge in [0.2, 0.25) is 0 Å². The van der Waals surface area contributed by atoms with Gasteiger partial charge in [0.05, 0.1) is 0 Å². The van der Waals surface area contributed by atoms with Crippen LogP contribution in [0.4, 0.5) is 0 Å². The van der Waals surface area contributed by atoms with Crippen LogP contribution in [0.15, 0.2) is 0 Å². The normalized spacial score (nSPS) is 12.5. The SMILES string of the molecule is CCCCCCCCC(CC)OC(C)=O. The van der Waals surface area contributed by atoms with Crippen LogP contribution < -0.4 is 0 Å². The third-order valence-corrected chi connectivity index (χ3v) is 2.67. The molecule has 0 aliphatic heterocycles. The summed E-state index contributed by atoms with van der Waals surface area (Å²) in [6.45, 7) is 5.79. The van der Waals surface area contributed by atoms with Crippen LogP contribution in [0.25, 0.3) is 0 Å². The first-order valence-electron chi connectivity index (χ1n) is 6.37. The van der Waals surface area contributed by atoms with Crippen LogP contribution >= 0.6 is 0 Å². The van der Waals surface area contributed by atoms with Crippen LogP contribution in [0.3, 0.4) is 0 Å². The molecule has 0 rings (SSSR count). The number of ether oxygens (including phenoxy) is 1. The van der Waals surface area contributed by atoms with E-state index < -0.39 is 0 Å². The summed E-state index contributed by atoms with van der Waals surface area (Å²) in [5, 5.41) is 0. The van der Waals surface area contributed by atoms with Gasteiger partial charge in [-0.1, -0.05) is 46.0 Å². The summed E-state index contributed by atoms with van der Waals surface area (Å²) in [6, 6.07) is 0. The van der Waals surface area contributed by atoms with Gasteiger partial charge in [-0.25, -0.2) is 0 Å². The Bertz CT molecular complexity index is 155. The lowest BCUT2D eigenvalue weighted by Crippen LogP contribution is -2.14. The van der Waals surface area contributed by atoms with E-state index in [-0.39, 0.29) is 12.1 Å². The molecule has 0 radical (unpaired) electrons. The lowest BCUT2D eigenvalue weighted by Gasteiger charge is -2.14. The third kappa shape index (κ3) is 9.77. The molecule has 0 aromatic rings. The molecule has 0 saturated heterocycles. The predicted octanol–water partition coefficient (Wildman–Crippen LogP) is 4.08. The van der Waals surface area contributed by atoms with Crippen molar-refractivity contribution in [3.05, 3.63) is 0 Å². The predicted molar refractivity (Wildman–Crippen MR) is 63.8 cm³/mol. The second-order valence-electron chi connectivity index (χ2n) is 4.20. The average molecular weight is 214 g/mol. The van der Waals surface area contributed by atoms with Gasteiger partial charge in [-0.2, -0.15) is 0 Å². The van der Waals surface area contributed by atoms with Gasteiger partial charge < -0.3 is 4.74 Å². The molecule has 90 valence electrons. The summed E-state index contributed by atoms with van der Waals surface area (Å²) in [6.07, 6.45) is 9.90. The lowest BCUT2D eigenvalue weighted by atomic mass is 10.1. The minimum atomic E-state index is -0.146. The van der Waals surface area contributed by atoms with E-state index in [1.54, 1.807) is 0 Å². The van der Waals surface area contributed by atoms with Gasteiger partial charge in [-0.15, -0.1) is 0 Å². The van der Waals surface area contributed by atoms with Gasteiger partial charge in [0.15, 0.2) is 0 Å². The summed E-state index contributed by atoms with van der Waals surface area (Å²) in [5.74, 6) is -0.146. The molecule has 0 spiro atoms. The highest BCUT2D eigenvalue weighted by Gasteiger charge is 2.08. The number of esters is 1. The van der Waals surface area contributed by atoms with Crippen LogP contribution in [0.1, 0.15) is 72.1 Å². The first-order chi connectivity index (χ1) is 7.20. The molecule has 0 bridgehead atoms. The lowest BCUT2D eigenvalue weighted by molar-refractivity contribution is -0.146. The van der Waals surface area contributed by atoms with Gasteiger partial charge in [-0.3, -0.25) is 4.79 Å². The average Bonchev–Trinajstić information content (AvgIpc) is 2.20. The molecule has 0 N–H and O–H groups in total. The highest BCUT2D eigenvalue weighted by molar-refractivity contribution is 5.66. The molecule has 2 nitrogen and oxygen atoms in total. The van der Waals surface area contributed by atoms with Crippen molar-refractivity contribution >= 4 is 5.97 Å². The summed E-state index contributed by atoms with van der Waals surface area (Å²) >= 11 is 0. The van der Waals surface area contributed by atoms with Gasteiger partial charge in [-0.05, 0) is 19.3 Å². The Morgan fingerprint density at radius 3 is 2.20 bits per heavy atom. The van der Waals surface area contributed by atoms with Crippen molar-refractivity contribution in [1.82, 2.24) is 0 Å². The quantitative estimate of drug-likeness (QED) is 0.427. The molecule has 0 fully saturated rings. The fourth-order valence-electron chi connectivity index (χ4n) is 1.73. The minimum absolute atomic E-state index is 0.146. The molecule has 0 heterocycles. The van der Waals surface area contributed by atoms with Crippen LogP contribution in [0, 0.1) is 0 Å². The first-order valence-corrected chi connectivity index (χ1v) is 6.37. The number of hydrogen-bond donors (Lipinski definition) is 0. The van der Waals surface area contributed by atoms with Gasteiger partial charge in [0.25, 0.3) is 0 Å². The zero-order chi connectivity index (χ0) is 11.5. The molecule has 0 aromatic heterocycles. The first kappa shape index (κ1) is 14.5. The van der Waals surface area contributed by atoms with Crippen molar-refractivity contribution in [2.45, 2.75) is 78.2 Å². The van der Waals surface area contributed by atoms with E-state index in [1.165, 1.54) is 45.4 Å². The maximum atomic E-state index is 10.8. The largest absolute Gasteiger partial charge is 0.463 e. The van der Waals surface area contributed by atoms with Crippen LogP contribution in [0.5, 0.6) is 0 Å². The molecular weight excluding hydrogens is 188 g/mol. The van der Waals surface area contributed by atoms with E-state index in [2.05, 4.69) is 13.8 Å². The Balaban J connectivity index is 3.34. The van der Waals surface area contributed by atoms with E-state index >= 15 is 0 Å². The molecule has 1 atom stereocenters. The minimum Gasteiger partial charge on any atom is -0.463 e. The Hall–Kier alpha value is -0.530. The van der Waals surface area contributed by atoms with Crippen LogP contribution in [-0.4, -0.2) is 12.1 Å². The van der Waals surface area contributed by atoms with Crippen molar-refractivity contribution in [3.8, 4) is 0 Å². The molecule has 0 amide bonds. The summed E-state index contributed by atoms with van der Waals surface area (Å²) in [5.41, 5.74) is 0. The number of carbonyl (C=O) groups excluding carboxylic acids is 1. The monoisotopic (exact) mass is 214 g/mol. The van der Waals surface area contributed by atoms with Gasteiger partial charge in [0.1, 0.15) is 6.10 Å². The Labute approximate surface area is 94.4 Å². The maximum Gasteiger partial charge on any atom is 0.302 e. The van der Waals surface area contributed by atoms with E-state index in [4.69, 9.17) is 4.74 Å². The third-order valence-electron chi connectivity index (χ3n) is 2.67. The van der Waals surface area contributed by atoms with Crippen LogP contribution in [0.2, 0.25) is 0 Å². The van der Waals surface area contributed by atoms with E-state index in [1.807, 2.05) is 0 Å². The van der Waals surface area contributed by atoms with Crippen molar-refractivity contribution in [2.75, 3.05) is 0 Å². The summed E-state index contributed by atoms with van der Waals surface area (Å²) in [4.78, 5) is 10.8. The van der Waals surface area contributed by atoms with Crippen molar-refractivity contribution in [2.24, 2.45) is 0 Å². The second kappa shape index (κ2) is 10.0. The Morgan fingerprint density at radius 2 is 1.67 bits per heavy atom. The van der Waals surface area contributed by atoms with Gasteiger partial charge >= 0.3 is 5.97 Å². The molecule has 0 aliphatic rings. The second-order valence-corrected chi connectivity index (χ2v) is 4.20. The van der Waals surface area contributed by atoms with E-state index in [0.29, 0.717) is 0 Å². The maximum absolute atomic E-state index is 10.8. The van der Waals surface area contributed by atoms with Crippen LogP contribution in [-0.2, 0) is 9.53 Å². The highest BCUT2D eigenvalue weighted by Crippen LogP contribution is 2.12. The molecule has 0 aliphatic carbocycles. The Morgan fingerprint density at radius 1 is 1.07 bits per heavy atom. The standard InChI is InChI=1S/C13H26O2/c1-4-6-7-8-9-10-11-13(5-2)15-12(3)14/h13H,4-11H2,1-3H3. The number of unbranched alkanes of at least 4 members (excludes halogenated alkanes) is 5. The molecular formula is C13H26O2. The fraction of sp³-hybridized carbons (Fsp3) is 0.923. The number of hydrogen-bond acceptors (Lipinski definition) is 2. The molecule has 15 heavy (non-hydrogen) atoms. The topological polar surface area (TPSA) is 26.3 Å². The molecule has 0 saturated carbocycles. The van der Waals surface area contributed by atoms with E-state index in [9.17, 15) is 4.79 Å². The van der Waals surface area contributed by atoms with Gasteiger partial charge in [0, 0.05) is 6.92 Å². The smallest absolute Gasteiger partial charge is 0.302 e. The fourth-order valence-corrected chi connectivity index (χ4v) is 1.73.